The number of benzene rings is 1. The zero-order chi connectivity index (χ0) is 13.8. The van der Waals surface area contributed by atoms with Gasteiger partial charge in [0.1, 0.15) is 0 Å². The summed E-state index contributed by atoms with van der Waals surface area (Å²) in [5.74, 6) is -1.00. The number of hydrogen-bond donors (Lipinski definition) is 0. The predicted molar refractivity (Wildman–Crippen MR) is 62.1 cm³/mol. The second-order valence-electron chi connectivity index (χ2n) is 4.64. The maximum atomic E-state index is 12.4. The van der Waals surface area contributed by atoms with E-state index in [1.54, 1.807) is 0 Å². The van der Waals surface area contributed by atoms with Gasteiger partial charge >= 0.3 is 5.97 Å². The van der Waals surface area contributed by atoms with Crippen LogP contribution in [-0.2, 0) is 19.4 Å². The summed E-state index contributed by atoms with van der Waals surface area (Å²) in [6.07, 6.45) is 0.269. The number of cyclic esters (lactones) is 1. The van der Waals surface area contributed by atoms with Gasteiger partial charge in [0.25, 0.3) is 5.69 Å². The molecule has 0 N–H and O–H groups in total. The average Bonchev–Trinajstić information content (AvgIpc) is 3.05. The van der Waals surface area contributed by atoms with E-state index < -0.39 is 25.5 Å². The summed E-state index contributed by atoms with van der Waals surface area (Å²) < 4.78 is 28.1. The third-order valence-corrected chi connectivity index (χ3v) is 6.17. The molecule has 0 unspecified atom stereocenters. The fourth-order valence-electron chi connectivity index (χ4n) is 2.45. The third kappa shape index (κ3) is 1.43. The van der Waals surface area contributed by atoms with Gasteiger partial charge in [-0.25, -0.2) is 8.42 Å². The largest absolute Gasteiger partial charge is 0.464 e. The topological polar surface area (TPSA) is 104 Å². The van der Waals surface area contributed by atoms with Crippen LogP contribution < -0.4 is 0 Å². The van der Waals surface area contributed by atoms with Gasteiger partial charge in [-0.05, 0) is 18.6 Å². The number of rotatable bonds is 3. The first-order chi connectivity index (χ1) is 8.89. The Kier molecular flexibility index (Phi) is 2.25. The van der Waals surface area contributed by atoms with Crippen LogP contribution in [0, 0.1) is 16.0 Å². The van der Waals surface area contributed by atoms with Crippen LogP contribution in [0.5, 0.6) is 0 Å². The van der Waals surface area contributed by atoms with Gasteiger partial charge in [0, 0.05) is 18.1 Å². The van der Waals surface area contributed by atoms with Crippen LogP contribution in [0.1, 0.15) is 6.42 Å². The van der Waals surface area contributed by atoms with E-state index in [4.69, 9.17) is 4.74 Å². The van der Waals surface area contributed by atoms with Gasteiger partial charge in [0.2, 0.25) is 0 Å². The first-order valence-electron chi connectivity index (χ1n) is 5.56. The Morgan fingerprint density at radius 3 is 2.37 bits per heavy atom. The first-order valence-corrected chi connectivity index (χ1v) is 7.04. The molecule has 19 heavy (non-hydrogen) atoms. The van der Waals surface area contributed by atoms with Gasteiger partial charge in [0.05, 0.1) is 16.4 Å². The Labute approximate surface area is 108 Å². The van der Waals surface area contributed by atoms with Crippen LogP contribution in [0.25, 0.3) is 0 Å². The summed E-state index contributed by atoms with van der Waals surface area (Å²) >= 11 is 0. The van der Waals surface area contributed by atoms with Crippen molar-refractivity contribution in [2.24, 2.45) is 5.92 Å². The highest BCUT2D eigenvalue weighted by Crippen LogP contribution is 2.57. The molecule has 2 atom stereocenters. The smallest absolute Gasteiger partial charge is 0.328 e. The van der Waals surface area contributed by atoms with Crippen molar-refractivity contribution in [1.82, 2.24) is 0 Å². The SMILES string of the molecule is O=C1OC[C@@H]2C[C@]12S(=O)(=O)c1ccc([N+](=O)[O-])cc1. The van der Waals surface area contributed by atoms with Crippen molar-refractivity contribution in [1.29, 1.82) is 0 Å². The maximum Gasteiger partial charge on any atom is 0.328 e. The van der Waals surface area contributed by atoms with E-state index in [0.717, 1.165) is 24.3 Å². The van der Waals surface area contributed by atoms with Gasteiger partial charge in [0.15, 0.2) is 14.6 Å². The van der Waals surface area contributed by atoms with Crippen molar-refractivity contribution in [3.8, 4) is 0 Å². The van der Waals surface area contributed by atoms with E-state index in [0.29, 0.717) is 0 Å². The number of fused-ring (bicyclic) bond motifs is 1. The summed E-state index contributed by atoms with van der Waals surface area (Å²) in [7, 11) is -3.85. The number of sulfone groups is 1. The van der Waals surface area contributed by atoms with Gasteiger partial charge in [-0.2, -0.15) is 0 Å². The van der Waals surface area contributed by atoms with E-state index in [2.05, 4.69) is 0 Å². The van der Waals surface area contributed by atoms with Gasteiger partial charge in [-0.15, -0.1) is 0 Å². The number of carbonyl (C=O) groups excluding carboxylic acids is 1. The van der Waals surface area contributed by atoms with E-state index in [-0.39, 0.29) is 29.5 Å². The Hall–Kier alpha value is -1.96. The summed E-state index contributed by atoms with van der Waals surface area (Å²) in [6.45, 7) is 0.130. The Balaban J connectivity index is 2.02. The number of ether oxygens (including phenoxy) is 1. The fourth-order valence-corrected chi connectivity index (χ4v) is 4.57. The van der Waals surface area contributed by atoms with Crippen molar-refractivity contribution in [3.63, 3.8) is 0 Å². The molecule has 0 aromatic heterocycles. The second kappa shape index (κ2) is 3.53. The molecule has 0 radical (unpaired) electrons. The van der Waals surface area contributed by atoms with Gasteiger partial charge in [-0.1, -0.05) is 0 Å². The van der Waals surface area contributed by atoms with Crippen molar-refractivity contribution in [2.45, 2.75) is 16.1 Å². The molecule has 8 heteroatoms. The summed E-state index contributed by atoms with van der Waals surface area (Å²) in [5.41, 5.74) is -0.196. The molecule has 1 aromatic rings. The molecule has 1 aromatic carbocycles. The van der Waals surface area contributed by atoms with Crippen LogP contribution in [0.15, 0.2) is 29.2 Å². The minimum Gasteiger partial charge on any atom is -0.464 e. The first kappa shape index (κ1) is 12.1. The molecule has 3 rings (SSSR count). The molecule has 1 heterocycles. The summed E-state index contributed by atoms with van der Waals surface area (Å²) in [6, 6.07) is 4.54. The Morgan fingerprint density at radius 1 is 1.32 bits per heavy atom. The molecule has 1 aliphatic carbocycles. The number of hydrogen-bond acceptors (Lipinski definition) is 6. The molecular formula is C11H9NO6S. The van der Waals surface area contributed by atoms with Gasteiger partial charge in [-0.3, -0.25) is 14.9 Å². The van der Waals surface area contributed by atoms with Crippen molar-refractivity contribution < 1.29 is 22.9 Å². The molecule has 2 fully saturated rings. The zero-order valence-electron chi connectivity index (χ0n) is 9.61. The average molecular weight is 283 g/mol. The van der Waals surface area contributed by atoms with E-state index in [1.807, 2.05) is 0 Å². The monoisotopic (exact) mass is 283 g/mol. The molecule has 1 saturated carbocycles. The van der Waals surface area contributed by atoms with Gasteiger partial charge < -0.3 is 4.74 Å². The third-order valence-electron chi connectivity index (χ3n) is 3.65. The molecule has 0 spiro atoms. The van der Waals surface area contributed by atoms with E-state index >= 15 is 0 Å². The lowest BCUT2D eigenvalue weighted by Gasteiger charge is -2.10. The minimum absolute atomic E-state index is 0.0838. The highest BCUT2D eigenvalue weighted by atomic mass is 32.2. The molecule has 100 valence electrons. The van der Waals surface area contributed by atoms with Crippen LogP contribution in [-0.4, -0.2) is 30.7 Å². The van der Waals surface area contributed by atoms with Crippen molar-refractivity contribution >= 4 is 21.5 Å². The summed E-state index contributed by atoms with van der Waals surface area (Å²) in [4.78, 5) is 21.5. The number of carbonyl (C=O) groups is 1. The minimum atomic E-state index is -3.85. The lowest BCUT2D eigenvalue weighted by Crippen LogP contribution is -2.31. The molecule has 0 bridgehead atoms. The lowest BCUT2D eigenvalue weighted by molar-refractivity contribution is -0.384. The molecular weight excluding hydrogens is 274 g/mol. The van der Waals surface area contributed by atoms with Crippen molar-refractivity contribution in [2.75, 3.05) is 6.61 Å². The van der Waals surface area contributed by atoms with Crippen molar-refractivity contribution in [3.05, 3.63) is 34.4 Å². The Bertz CT molecular complexity index is 680. The lowest BCUT2D eigenvalue weighted by atomic mass is 10.3. The predicted octanol–water partition coefficient (Wildman–Crippen LogP) is 0.684. The van der Waals surface area contributed by atoms with E-state index in [9.17, 15) is 23.3 Å². The van der Waals surface area contributed by atoms with E-state index in [1.165, 1.54) is 0 Å². The quantitative estimate of drug-likeness (QED) is 0.459. The standard InChI is InChI=1S/C11H9NO6S/c13-10-11(5-7(11)6-18-10)19(16,17)9-3-1-8(2-4-9)12(14)15/h1-4,7H,5-6H2/t7-,11+/m0/s1. The maximum absolute atomic E-state index is 12.4. The van der Waals surface area contributed by atoms with Crippen LogP contribution in [0.2, 0.25) is 0 Å². The number of esters is 1. The number of non-ortho nitro benzene ring substituents is 1. The fraction of sp³-hybridized carbons (Fsp3) is 0.364. The second-order valence-corrected chi connectivity index (χ2v) is 6.85. The molecule has 7 nitrogen and oxygen atoms in total. The summed E-state index contributed by atoms with van der Waals surface area (Å²) in [5, 5.41) is 10.5. The Morgan fingerprint density at radius 2 is 1.95 bits per heavy atom. The molecule has 1 saturated heterocycles. The number of nitro groups is 1. The van der Waals surface area contributed by atoms with Crippen LogP contribution in [0.3, 0.4) is 0 Å². The number of nitrogens with zero attached hydrogens (tertiary/aromatic N) is 1. The van der Waals surface area contributed by atoms with Crippen LogP contribution >= 0.6 is 0 Å². The normalized spacial score (nSPS) is 28.6. The number of nitro benzene ring substituents is 1. The molecule has 1 aliphatic heterocycles. The zero-order valence-corrected chi connectivity index (χ0v) is 10.4. The van der Waals surface area contributed by atoms with Crippen LogP contribution in [0.4, 0.5) is 5.69 Å². The highest BCUT2D eigenvalue weighted by Gasteiger charge is 2.74. The highest BCUT2D eigenvalue weighted by molar-refractivity contribution is 7.94. The molecule has 0 amide bonds. The molecule has 2 aliphatic rings.